The number of hydrogen-bond donors (Lipinski definition) is 2. The molecule has 0 atom stereocenters. The zero-order valence-corrected chi connectivity index (χ0v) is 12.0. The van der Waals surface area contributed by atoms with Gasteiger partial charge in [-0.1, -0.05) is 11.6 Å². The van der Waals surface area contributed by atoms with E-state index in [1.54, 1.807) is 11.3 Å². The van der Waals surface area contributed by atoms with Gasteiger partial charge in [0.1, 0.15) is 0 Å². The number of benzene rings is 1. The maximum Gasteiger partial charge on any atom is 0.332 e. The number of thiophene rings is 1. The lowest BCUT2D eigenvalue weighted by Crippen LogP contribution is -2.26. The minimum absolute atomic E-state index is 0.621. The maximum absolute atomic E-state index is 10.8. The van der Waals surface area contributed by atoms with Crippen LogP contribution in [-0.2, 0) is 0 Å². The van der Waals surface area contributed by atoms with E-state index in [4.69, 9.17) is 5.73 Å². The Labute approximate surface area is 119 Å². The van der Waals surface area contributed by atoms with Gasteiger partial charge >= 0.3 is 6.03 Å². The number of fused-ring (bicyclic) bond motifs is 3. The minimum atomic E-state index is -0.621. The lowest BCUT2D eigenvalue weighted by molar-refractivity contribution is 0.249. The summed E-state index contributed by atoms with van der Waals surface area (Å²) >= 11 is 3.58. The normalized spacial score (nSPS) is 16.6. The molecule has 0 unspecified atom stereocenters. The highest BCUT2D eigenvalue weighted by Gasteiger charge is 2.22. The fourth-order valence-corrected chi connectivity index (χ4v) is 4.65. The highest BCUT2D eigenvalue weighted by atomic mass is 32.2. The number of carbonyl (C=O) groups is 1. The van der Waals surface area contributed by atoms with E-state index in [1.165, 1.54) is 20.5 Å². The number of aryl methyl sites for hydroxylation is 1. The number of nitrogens with zero attached hydrogens (tertiary/aromatic N) is 1. The van der Waals surface area contributed by atoms with E-state index in [0.717, 1.165) is 22.8 Å². The molecule has 0 saturated carbocycles. The Hall–Kier alpha value is -1.53. The molecule has 0 radical (unpaired) electrons. The summed E-state index contributed by atoms with van der Waals surface area (Å²) in [7, 11) is 0. The van der Waals surface area contributed by atoms with E-state index in [0.29, 0.717) is 0 Å². The van der Waals surface area contributed by atoms with Crippen LogP contribution in [0.2, 0.25) is 0 Å². The van der Waals surface area contributed by atoms with Crippen LogP contribution in [0.1, 0.15) is 16.9 Å². The van der Waals surface area contributed by atoms with Gasteiger partial charge in [0.15, 0.2) is 0 Å². The molecule has 3 rings (SSSR count). The van der Waals surface area contributed by atoms with Crippen LogP contribution in [-0.4, -0.2) is 17.5 Å². The molecule has 0 bridgehead atoms. The number of thioether (sulfide) groups is 1. The molecular formula is C13H13N3OS2. The number of urea groups is 1. The number of hydrogen-bond acceptors (Lipinski definition) is 4. The third-order valence-corrected chi connectivity index (χ3v) is 5.42. The topological polar surface area (TPSA) is 67.5 Å². The first-order valence-electron chi connectivity index (χ1n) is 5.93. The average Bonchev–Trinajstić information content (AvgIpc) is 2.75. The molecule has 3 N–H and O–H groups in total. The lowest BCUT2D eigenvalue weighted by Gasteiger charge is -2.13. The Morgan fingerprint density at radius 3 is 3.11 bits per heavy atom. The van der Waals surface area contributed by atoms with Gasteiger partial charge in [-0.05, 0) is 19.1 Å². The second-order valence-electron chi connectivity index (χ2n) is 4.39. The molecule has 98 valence electrons. The zero-order chi connectivity index (χ0) is 13.4. The standard InChI is InChI=1S/C13H13N3OS2/c1-7-2-3-10-8(6-7)11-12(19-10)9(4-5-18-11)15-16-13(14)17/h2-3,6H,4-5H2,1H3,(H3,14,16,17)/b15-9+. The molecule has 6 heteroatoms. The summed E-state index contributed by atoms with van der Waals surface area (Å²) in [4.78, 5) is 13.2. The van der Waals surface area contributed by atoms with Gasteiger partial charge in [-0.25, -0.2) is 10.2 Å². The summed E-state index contributed by atoms with van der Waals surface area (Å²) in [6.07, 6.45) is 0.851. The molecule has 0 fully saturated rings. The number of amides is 2. The fraction of sp³-hybridized carbons (Fsp3) is 0.231. The van der Waals surface area contributed by atoms with Crippen molar-refractivity contribution in [3.05, 3.63) is 28.6 Å². The highest BCUT2D eigenvalue weighted by Crippen LogP contribution is 2.42. The molecule has 0 spiro atoms. The van der Waals surface area contributed by atoms with Crippen LogP contribution in [0.15, 0.2) is 28.2 Å². The predicted octanol–water partition coefficient (Wildman–Crippen LogP) is 3.08. The largest absolute Gasteiger partial charge is 0.350 e. The van der Waals surface area contributed by atoms with Crippen molar-refractivity contribution in [3.63, 3.8) is 0 Å². The third-order valence-electron chi connectivity index (χ3n) is 2.95. The molecule has 0 saturated heterocycles. The van der Waals surface area contributed by atoms with Crippen molar-refractivity contribution in [3.8, 4) is 0 Å². The Morgan fingerprint density at radius 2 is 2.32 bits per heavy atom. The number of nitrogens with one attached hydrogen (secondary N) is 1. The van der Waals surface area contributed by atoms with Crippen molar-refractivity contribution in [1.82, 2.24) is 5.43 Å². The summed E-state index contributed by atoms with van der Waals surface area (Å²) in [6, 6.07) is 5.85. The number of carbonyl (C=O) groups excluding carboxylic acids is 1. The van der Waals surface area contributed by atoms with Crippen LogP contribution >= 0.6 is 23.1 Å². The molecule has 2 aromatic rings. The molecule has 2 amide bonds. The predicted molar refractivity (Wildman–Crippen MR) is 81.2 cm³/mol. The monoisotopic (exact) mass is 291 g/mol. The van der Waals surface area contributed by atoms with Crippen LogP contribution in [0.4, 0.5) is 4.79 Å². The molecule has 19 heavy (non-hydrogen) atoms. The SMILES string of the molecule is Cc1ccc2sc3c(c2c1)SCC/C3=N\NC(N)=O. The van der Waals surface area contributed by atoms with Gasteiger partial charge in [-0.2, -0.15) is 5.10 Å². The first kappa shape index (κ1) is 12.5. The maximum atomic E-state index is 10.8. The minimum Gasteiger partial charge on any atom is -0.350 e. The molecular weight excluding hydrogens is 278 g/mol. The Balaban J connectivity index is 2.12. The molecule has 1 aromatic carbocycles. The molecule has 4 nitrogen and oxygen atoms in total. The summed E-state index contributed by atoms with van der Waals surface area (Å²) < 4.78 is 1.26. The quantitative estimate of drug-likeness (QED) is 0.793. The second kappa shape index (κ2) is 4.86. The van der Waals surface area contributed by atoms with Crippen LogP contribution in [0.5, 0.6) is 0 Å². The number of nitrogens with two attached hydrogens (primary N) is 1. The van der Waals surface area contributed by atoms with Crippen LogP contribution < -0.4 is 11.2 Å². The zero-order valence-electron chi connectivity index (χ0n) is 10.4. The van der Waals surface area contributed by atoms with Gasteiger partial charge in [0.2, 0.25) is 0 Å². The van der Waals surface area contributed by atoms with Gasteiger partial charge in [0, 0.05) is 27.2 Å². The molecule has 1 aliphatic rings. The molecule has 2 heterocycles. The van der Waals surface area contributed by atoms with Crippen LogP contribution in [0.3, 0.4) is 0 Å². The van der Waals surface area contributed by atoms with Gasteiger partial charge < -0.3 is 5.73 Å². The van der Waals surface area contributed by atoms with Crippen LogP contribution in [0, 0.1) is 6.92 Å². The lowest BCUT2D eigenvalue weighted by atomic mass is 10.1. The summed E-state index contributed by atoms with van der Waals surface area (Å²) in [5, 5.41) is 5.42. The molecule has 1 aromatic heterocycles. The van der Waals surface area contributed by atoms with Gasteiger partial charge in [0.05, 0.1) is 10.6 Å². The average molecular weight is 291 g/mol. The van der Waals surface area contributed by atoms with Crippen molar-refractivity contribution < 1.29 is 4.79 Å². The first-order chi connectivity index (χ1) is 9.15. The van der Waals surface area contributed by atoms with Crippen molar-refractivity contribution in [1.29, 1.82) is 0 Å². The first-order valence-corrected chi connectivity index (χ1v) is 7.73. The Bertz CT molecular complexity index is 690. The number of primary amides is 1. The van der Waals surface area contributed by atoms with Gasteiger partial charge in [0.25, 0.3) is 0 Å². The van der Waals surface area contributed by atoms with Crippen LogP contribution in [0.25, 0.3) is 10.1 Å². The Kier molecular flexibility index (Phi) is 3.20. The summed E-state index contributed by atoms with van der Waals surface area (Å²) in [5.41, 5.74) is 9.58. The number of hydrazone groups is 1. The molecule has 0 aliphatic carbocycles. The van der Waals surface area contributed by atoms with Gasteiger partial charge in [-0.3, -0.25) is 0 Å². The van der Waals surface area contributed by atoms with Crippen molar-refractivity contribution in [2.75, 3.05) is 5.75 Å². The van der Waals surface area contributed by atoms with E-state index in [-0.39, 0.29) is 0 Å². The van der Waals surface area contributed by atoms with E-state index < -0.39 is 6.03 Å². The van der Waals surface area contributed by atoms with E-state index in [9.17, 15) is 4.79 Å². The van der Waals surface area contributed by atoms with Gasteiger partial charge in [-0.15, -0.1) is 23.1 Å². The van der Waals surface area contributed by atoms with Crippen molar-refractivity contribution >= 4 is 44.9 Å². The highest BCUT2D eigenvalue weighted by molar-refractivity contribution is 7.99. The van der Waals surface area contributed by atoms with E-state index in [1.807, 2.05) is 11.8 Å². The smallest absolute Gasteiger partial charge is 0.332 e. The Morgan fingerprint density at radius 1 is 1.47 bits per heavy atom. The molecule has 1 aliphatic heterocycles. The van der Waals surface area contributed by atoms with Crippen molar-refractivity contribution in [2.24, 2.45) is 10.8 Å². The number of rotatable bonds is 1. The summed E-state index contributed by atoms with van der Waals surface area (Å²) in [6.45, 7) is 2.10. The third kappa shape index (κ3) is 2.33. The van der Waals surface area contributed by atoms with E-state index >= 15 is 0 Å². The second-order valence-corrected chi connectivity index (χ2v) is 6.55. The van der Waals surface area contributed by atoms with Crippen molar-refractivity contribution in [2.45, 2.75) is 18.2 Å². The fourth-order valence-electron chi connectivity index (χ4n) is 2.11. The van der Waals surface area contributed by atoms with E-state index in [2.05, 4.69) is 35.7 Å². The summed E-state index contributed by atoms with van der Waals surface area (Å²) in [5.74, 6) is 0.978.